The van der Waals surface area contributed by atoms with Crippen LogP contribution in [0, 0.1) is 18.3 Å². The molecule has 0 bridgehead atoms. The first-order valence-corrected chi connectivity index (χ1v) is 6.93. The molecule has 0 fully saturated rings. The van der Waals surface area contributed by atoms with Gasteiger partial charge in [0.15, 0.2) is 0 Å². The van der Waals surface area contributed by atoms with Crippen LogP contribution in [0.3, 0.4) is 0 Å². The van der Waals surface area contributed by atoms with Crippen molar-refractivity contribution in [2.45, 2.75) is 47.1 Å². The summed E-state index contributed by atoms with van der Waals surface area (Å²) >= 11 is 0. The van der Waals surface area contributed by atoms with E-state index >= 15 is 0 Å². The maximum Gasteiger partial charge on any atom is 0.323 e. The molecule has 0 atom stereocenters. The van der Waals surface area contributed by atoms with Crippen molar-refractivity contribution in [3.05, 3.63) is 23.3 Å². The summed E-state index contributed by atoms with van der Waals surface area (Å²) in [5.74, 6) is -0.258. The molecule has 2 aromatic rings. The predicted molar refractivity (Wildman–Crippen MR) is 80.1 cm³/mol. The number of nitrogens with zero attached hydrogens (tertiary/aromatic N) is 4. The van der Waals surface area contributed by atoms with Gasteiger partial charge in [-0.05, 0) is 12.8 Å². The highest BCUT2D eigenvalue weighted by atomic mass is 16.4. The van der Waals surface area contributed by atoms with Gasteiger partial charge in [0.05, 0.1) is 16.6 Å². The lowest BCUT2D eigenvalue weighted by atomic mass is 10.0. The molecule has 6 nitrogen and oxygen atoms in total. The molecule has 0 unspecified atom stereocenters. The first-order valence-electron chi connectivity index (χ1n) is 6.93. The lowest BCUT2D eigenvalue weighted by Gasteiger charge is -2.08. The number of rotatable bonds is 3. The van der Waals surface area contributed by atoms with Crippen LogP contribution in [0.5, 0.6) is 0 Å². The highest BCUT2D eigenvalue weighted by molar-refractivity contribution is 5.87. The molecule has 0 amide bonds. The van der Waals surface area contributed by atoms with E-state index in [-0.39, 0.29) is 12.5 Å². The van der Waals surface area contributed by atoms with E-state index in [0.29, 0.717) is 22.4 Å². The molecule has 2 heterocycles. The number of hydrogen-bond acceptors (Lipinski definition) is 4. The zero-order valence-corrected chi connectivity index (χ0v) is 13.0. The molecule has 0 aliphatic carbocycles. The summed E-state index contributed by atoms with van der Waals surface area (Å²) < 4.78 is 1.48. The summed E-state index contributed by atoms with van der Waals surface area (Å²) in [7, 11) is 0. The molecule has 2 aromatic heterocycles. The van der Waals surface area contributed by atoms with Crippen LogP contribution in [0.15, 0.2) is 6.20 Å². The topological polar surface area (TPSA) is 91.8 Å². The number of hydrogen-bond donors (Lipinski definition) is 1. The van der Waals surface area contributed by atoms with Crippen molar-refractivity contribution >= 4 is 17.0 Å². The molecule has 21 heavy (non-hydrogen) atoms. The fourth-order valence-corrected chi connectivity index (χ4v) is 2.10. The number of carboxylic acid groups (broad SMARTS) is 1. The second-order valence-corrected chi connectivity index (χ2v) is 4.69. The van der Waals surface area contributed by atoms with Gasteiger partial charge in [-0.15, -0.1) is 0 Å². The van der Waals surface area contributed by atoms with Crippen LogP contribution in [-0.2, 0) is 11.3 Å². The maximum atomic E-state index is 10.9. The summed E-state index contributed by atoms with van der Waals surface area (Å²) in [6, 6.07) is 2.08. The van der Waals surface area contributed by atoms with Crippen LogP contribution in [0.4, 0.5) is 0 Å². The van der Waals surface area contributed by atoms with Crippen LogP contribution in [0.25, 0.3) is 11.0 Å². The van der Waals surface area contributed by atoms with Crippen LogP contribution in [-0.4, -0.2) is 25.6 Å². The number of fused-ring (bicyclic) bond motifs is 1. The number of carbonyl (C=O) groups is 1. The Morgan fingerprint density at radius 1 is 1.43 bits per heavy atom. The fourth-order valence-electron chi connectivity index (χ4n) is 2.10. The average molecular weight is 288 g/mol. The second-order valence-electron chi connectivity index (χ2n) is 4.69. The molecular weight excluding hydrogens is 268 g/mol. The van der Waals surface area contributed by atoms with Gasteiger partial charge in [0, 0.05) is 6.20 Å². The van der Waals surface area contributed by atoms with Crippen LogP contribution in [0.1, 0.15) is 50.7 Å². The van der Waals surface area contributed by atoms with Gasteiger partial charge in [-0.2, -0.15) is 5.26 Å². The second kappa shape index (κ2) is 6.84. The summed E-state index contributed by atoms with van der Waals surface area (Å²) in [6.07, 6.45) is 1.53. The van der Waals surface area contributed by atoms with Crippen molar-refractivity contribution < 1.29 is 9.90 Å². The smallest absolute Gasteiger partial charge is 0.323 e. The summed E-state index contributed by atoms with van der Waals surface area (Å²) in [5.41, 5.74) is 1.71. The number of aliphatic carboxylic acids is 1. The Kier molecular flexibility index (Phi) is 5.42. The van der Waals surface area contributed by atoms with Crippen molar-refractivity contribution in [2.24, 2.45) is 0 Å². The third-order valence-electron chi connectivity index (χ3n) is 2.83. The van der Waals surface area contributed by atoms with Crippen molar-refractivity contribution in [1.82, 2.24) is 14.5 Å². The monoisotopic (exact) mass is 288 g/mol. The highest BCUT2D eigenvalue weighted by Gasteiger charge is 2.18. The van der Waals surface area contributed by atoms with Gasteiger partial charge >= 0.3 is 5.97 Å². The van der Waals surface area contributed by atoms with Gasteiger partial charge in [-0.3, -0.25) is 4.79 Å². The van der Waals surface area contributed by atoms with E-state index in [2.05, 4.69) is 16.0 Å². The molecule has 0 saturated carbocycles. The SMILES string of the molecule is CC.Cc1nc(C(C)C)c2c(C#N)cn(CC(=O)O)c2n1. The quantitative estimate of drug-likeness (QED) is 0.937. The van der Waals surface area contributed by atoms with E-state index in [0.717, 1.165) is 5.69 Å². The zero-order valence-electron chi connectivity index (χ0n) is 13.0. The molecule has 0 aromatic carbocycles. The Bertz CT molecular complexity index is 696. The number of carboxylic acids is 1. The highest BCUT2D eigenvalue weighted by Crippen LogP contribution is 2.27. The molecule has 0 spiro atoms. The van der Waals surface area contributed by atoms with E-state index in [9.17, 15) is 10.1 Å². The van der Waals surface area contributed by atoms with Gasteiger partial charge in [0.1, 0.15) is 24.1 Å². The van der Waals surface area contributed by atoms with Crippen LogP contribution >= 0.6 is 0 Å². The van der Waals surface area contributed by atoms with Crippen molar-refractivity contribution in [1.29, 1.82) is 5.26 Å². The van der Waals surface area contributed by atoms with E-state index in [1.54, 1.807) is 6.92 Å². The third-order valence-corrected chi connectivity index (χ3v) is 2.83. The molecule has 2 rings (SSSR count). The summed E-state index contributed by atoms with van der Waals surface area (Å²) in [6.45, 7) is 9.51. The van der Waals surface area contributed by atoms with E-state index in [1.165, 1.54) is 10.8 Å². The minimum absolute atomic E-state index is 0.136. The van der Waals surface area contributed by atoms with E-state index in [4.69, 9.17) is 5.11 Å². The van der Waals surface area contributed by atoms with Gasteiger partial charge in [0.25, 0.3) is 0 Å². The van der Waals surface area contributed by atoms with Gasteiger partial charge in [-0.25, -0.2) is 9.97 Å². The van der Waals surface area contributed by atoms with Gasteiger partial charge in [-0.1, -0.05) is 27.7 Å². The Balaban J connectivity index is 0.00000106. The molecule has 112 valence electrons. The predicted octanol–water partition coefficient (Wildman–Crippen LogP) is 2.85. The fraction of sp³-hybridized carbons (Fsp3) is 0.467. The molecule has 1 N–H and O–H groups in total. The molecular formula is C15H20N4O2. The third kappa shape index (κ3) is 3.37. The Morgan fingerprint density at radius 2 is 2.05 bits per heavy atom. The molecule has 6 heteroatoms. The molecule has 0 radical (unpaired) electrons. The first-order chi connectivity index (χ1) is 9.93. The van der Waals surface area contributed by atoms with E-state index in [1.807, 2.05) is 27.7 Å². The minimum atomic E-state index is -0.969. The van der Waals surface area contributed by atoms with Crippen molar-refractivity contribution in [3.63, 3.8) is 0 Å². The van der Waals surface area contributed by atoms with Gasteiger partial charge in [0.2, 0.25) is 0 Å². The first kappa shape index (κ1) is 16.6. The molecule has 0 aliphatic heterocycles. The van der Waals surface area contributed by atoms with Crippen molar-refractivity contribution in [2.75, 3.05) is 0 Å². The van der Waals surface area contributed by atoms with E-state index < -0.39 is 5.97 Å². The standard InChI is InChI=1S/C13H14N4O2.C2H6/c1-7(2)12-11-9(4-14)5-17(6-10(18)19)13(11)16-8(3)15-12;1-2/h5,7H,6H2,1-3H3,(H,18,19);1-2H3. The normalized spacial score (nSPS) is 10.1. The number of nitriles is 1. The van der Waals surface area contributed by atoms with Crippen LogP contribution in [0.2, 0.25) is 0 Å². The number of aryl methyl sites for hydroxylation is 1. The largest absolute Gasteiger partial charge is 0.480 e. The Labute approximate surface area is 124 Å². The lowest BCUT2D eigenvalue weighted by molar-refractivity contribution is -0.137. The lowest BCUT2D eigenvalue weighted by Crippen LogP contribution is -2.09. The van der Waals surface area contributed by atoms with Crippen molar-refractivity contribution in [3.8, 4) is 6.07 Å². The minimum Gasteiger partial charge on any atom is -0.480 e. The van der Waals surface area contributed by atoms with Crippen LogP contribution < -0.4 is 0 Å². The Morgan fingerprint density at radius 3 is 2.52 bits per heavy atom. The maximum absolute atomic E-state index is 10.9. The molecule has 0 saturated heterocycles. The summed E-state index contributed by atoms with van der Waals surface area (Å²) in [5, 5.41) is 18.8. The molecule has 0 aliphatic rings. The number of aromatic nitrogens is 3. The van der Waals surface area contributed by atoms with Gasteiger partial charge < -0.3 is 9.67 Å². The zero-order chi connectivity index (χ0) is 16.2. The Hall–Kier alpha value is -2.42. The average Bonchev–Trinajstić information content (AvgIpc) is 2.77. The summed E-state index contributed by atoms with van der Waals surface area (Å²) in [4.78, 5) is 19.5.